The summed E-state index contributed by atoms with van der Waals surface area (Å²) in [4.78, 5) is 0. The summed E-state index contributed by atoms with van der Waals surface area (Å²) in [5, 5.41) is 0. The molecule has 0 atom stereocenters. The van der Waals surface area contributed by atoms with Gasteiger partial charge in [-0.15, -0.1) is 0 Å². The van der Waals surface area contributed by atoms with E-state index in [0.717, 1.165) is 0 Å². The Bertz CT molecular complexity index is 192. The van der Waals surface area contributed by atoms with Crippen molar-refractivity contribution < 1.29 is 0 Å². The maximum absolute atomic E-state index is 2.21. The van der Waals surface area contributed by atoms with Crippen molar-refractivity contribution in [1.82, 2.24) is 0 Å². The third-order valence-electron chi connectivity index (χ3n) is 1.81. The summed E-state index contributed by atoms with van der Waals surface area (Å²) in [5.74, 6) is 0. The first kappa shape index (κ1) is 11.2. The summed E-state index contributed by atoms with van der Waals surface area (Å²) in [5.41, 5.74) is 2.84. The highest BCUT2D eigenvalue weighted by Crippen LogP contribution is 2.13. The van der Waals surface area contributed by atoms with Gasteiger partial charge in [0.1, 0.15) is 0 Å². The maximum Gasteiger partial charge on any atom is -0.0279 e. The monoisotopic (exact) mass is 164 g/mol. The Morgan fingerprint density at radius 1 is 1.08 bits per heavy atom. The Balaban J connectivity index is 4.54. The van der Waals surface area contributed by atoms with Gasteiger partial charge >= 0.3 is 0 Å². The van der Waals surface area contributed by atoms with E-state index in [1.807, 2.05) is 0 Å². The average Bonchev–Trinajstić information content (AvgIpc) is 2.04. The quantitative estimate of drug-likeness (QED) is 0.545. The van der Waals surface area contributed by atoms with Crippen molar-refractivity contribution in [2.45, 2.75) is 40.5 Å². The number of rotatable bonds is 4. The van der Waals surface area contributed by atoms with Crippen LogP contribution in [0.5, 0.6) is 0 Å². The minimum Gasteiger partial charge on any atom is -0.0874 e. The lowest BCUT2D eigenvalue weighted by Crippen LogP contribution is -1.82. The zero-order valence-corrected chi connectivity index (χ0v) is 8.72. The fourth-order valence-corrected chi connectivity index (χ4v) is 1.24. The Morgan fingerprint density at radius 2 is 1.67 bits per heavy atom. The van der Waals surface area contributed by atoms with Crippen molar-refractivity contribution in [2.24, 2.45) is 0 Å². The van der Waals surface area contributed by atoms with Crippen LogP contribution in [0.15, 0.2) is 35.5 Å². The van der Waals surface area contributed by atoms with Gasteiger partial charge in [-0.25, -0.2) is 0 Å². The predicted molar refractivity (Wildman–Crippen MR) is 57.2 cm³/mol. The molecule has 0 aliphatic carbocycles. The molecular weight excluding hydrogens is 144 g/mol. The van der Waals surface area contributed by atoms with E-state index in [2.05, 4.69) is 52.0 Å². The van der Waals surface area contributed by atoms with Crippen molar-refractivity contribution in [3.05, 3.63) is 35.5 Å². The molecule has 0 aliphatic heterocycles. The van der Waals surface area contributed by atoms with Gasteiger partial charge in [-0.2, -0.15) is 0 Å². The van der Waals surface area contributed by atoms with E-state index < -0.39 is 0 Å². The Kier molecular flexibility index (Phi) is 6.45. The number of hydrogen-bond acceptors (Lipinski definition) is 0. The van der Waals surface area contributed by atoms with Gasteiger partial charge in [0.15, 0.2) is 0 Å². The van der Waals surface area contributed by atoms with Crippen LogP contribution in [0.25, 0.3) is 0 Å². The molecule has 0 unspecified atom stereocenters. The highest BCUT2D eigenvalue weighted by molar-refractivity contribution is 5.31. The molecule has 0 N–H and O–H groups in total. The van der Waals surface area contributed by atoms with Crippen LogP contribution in [0, 0.1) is 0 Å². The maximum atomic E-state index is 2.21. The minimum atomic E-state index is 1.18. The predicted octanol–water partition coefficient (Wildman–Crippen LogP) is 4.26. The second kappa shape index (κ2) is 6.90. The van der Waals surface area contributed by atoms with Gasteiger partial charge in [-0.05, 0) is 38.3 Å². The van der Waals surface area contributed by atoms with Crippen LogP contribution >= 0.6 is 0 Å². The molecule has 12 heavy (non-hydrogen) atoms. The standard InChI is InChI=1S/C12H20/c1-5-8-11(4)12(9-6-2)10-7-3/h5-6,8-9H,7,10H2,1-4H3/b8-5-,9-6-,12-11+. The highest BCUT2D eigenvalue weighted by atomic mass is 14.0. The third kappa shape index (κ3) is 4.17. The van der Waals surface area contributed by atoms with E-state index >= 15 is 0 Å². The first-order valence-corrected chi connectivity index (χ1v) is 4.71. The summed E-state index contributed by atoms with van der Waals surface area (Å²) in [7, 11) is 0. The molecule has 0 aromatic rings. The largest absolute Gasteiger partial charge is 0.0874 e. The van der Waals surface area contributed by atoms with Crippen LogP contribution in [-0.2, 0) is 0 Å². The van der Waals surface area contributed by atoms with E-state index in [0.29, 0.717) is 0 Å². The second-order valence-electron chi connectivity index (χ2n) is 2.96. The molecule has 0 saturated carbocycles. The van der Waals surface area contributed by atoms with Crippen molar-refractivity contribution >= 4 is 0 Å². The smallest absolute Gasteiger partial charge is 0.0279 e. The fraction of sp³-hybridized carbons (Fsp3) is 0.500. The van der Waals surface area contributed by atoms with E-state index in [1.165, 1.54) is 24.0 Å². The molecule has 0 bridgehead atoms. The van der Waals surface area contributed by atoms with E-state index in [4.69, 9.17) is 0 Å². The molecule has 0 fully saturated rings. The zero-order chi connectivity index (χ0) is 9.40. The van der Waals surface area contributed by atoms with Crippen LogP contribution in [0.4, 0.5) is 0 Å². The molecule has 0 aromatic heterocycles. The fourth-order valence-electron chi connectivity index (χ4n) is 1.24. The first-order chi connectivity index (χ1) is 5.76. The molecule has 0 nitrogen and oxygen atoms in total. The van der Waals surface area contributed by atoms with Gasteiger partial charge in [0.25, 0.3) is 0 Å². The lowest BCUT2D eigenvalue weighted by molar-refractivity contribution is 0.917. The Labute approximate surface area is 76.7 Å². The van der Waals surface area contributed by atoms with Crippen LogP contribution in [-0.4, -0.2) is 0 Å². The van der Waals surface area contributed by atoms with Crippen LogP contribution in [0.1, 0.15) is 40.5 Å². The summed E-state index contributed by atoms with van der Waals surface area (Å²) in [6.07, 6.45) is 11.0. The van der Waals surface area contributed by atoms with Crippen molar-refractivity contribution in [2.75, 3.05) is 0 Å². The van der Waals surface area contributed by atoms with Crippen LogP contribution in [0.2, 0.25) is 0 Å². The molecule has 0 aliphatic rings. The summed E-state index contributed by atoms with van der Waals surface area (Å²) in [6.45, 7) is 8.51. The molecule has 0 aromatic carbocycles. The van der Waals surface area contributed by atoms with Crippen molar-refractivity contribution in [3.8, 4) is 0 Å². The molecule has 0 saturated heterocycles. The van der Waals surface area contributed by atoms with Gasteiger partial charge in [0, 0.05) is 0 Å². The lowest BCUT2D eigenvalue weighted by Gasteiger charge is -2.02. The number of allylic oxidation sites excluding steroid dienone is 6. The molecular formula is C12H20. The second-order valence-corrected chi connectivity index (χ2v) is 2.96. The van der Waals surface area contributed by atoms with Crippen LogP contribution < -0.4 is 0 Å². The van der Waals surface area contributed by atoms with Gasteiger partial charge in [0.05, 0.1) is 0 Å². The normalized spacial score (nSPS) is 14.3. The molecule has 0 rings (SSSR count). The van der Waals surface area contributed by atoms with Gasteiger partial charge < -0.3 is 0 Å². The van der Waals surface area contributed by atoms with Crippen LogP contribution in [0.3, 0.4) is 0 Å². The molecule has 0 heterocycles. The van der Waals surface area contributed by atoms with E-state index in [1.54, 1.807) is 0 Å². The Morgan fingerprint density at radius 3 is 2.08 bits per heavy atom. The third-order valence-corrected chi connectivity index (χ3v) is 1.81. The molecule has 0 heteroatoms. The summed E-state index contributed by atoms with van der Waals surface area (Å²) >= 11 is 0. The minimum absolute atomic E-state index is 1.18. The highest BCUT2D eigenvalue weighted by Gasteiger charge is 1.93. The van der Waals surface area contributed by atoms with E-state index in [-0.39, 0.29) is 0 Å². The summed E-state index contributed by atoms with van der Waals surface area (Å²) < 4.78 is 0. The van der Waals surface area contributed by atoms with Gasteiger partial charge in [-0.3, -0.25) is 0 Å². The molecule has 0 spiro atoms. The van der Waals surface area contributed by atoms with E-state index in [9.17, 15) is 0 Å². The zero-order valence-electron chi connectivity index (χ0n) is 8.72. The Hall–Kier alpha value is -0.780. The lowest BCUT2D eigenvalue weighted by atomic mass is 10.0. The topological polar surface area (TPSA) is 0 Å². The van der Waals surface area contributed by atoms with Gasteiger partial charge in [0.2, 0.25) is 0 Å². The molecule has 0 amide bonds. The molecule has 68 valence electrons. The summed E-state index contributed by atoms with van der Waals surface area (Å²) in [6, 6.07) is 0. The first-order valence-electron chi connectivity index (χ1n) is 4.71. The average molecular weight is 164 g/mol. The molecule has 0 radical (unpaired) electrons. The van der Waals surface area contributed by atoms with Crippen molar-refractivity contribution in [1.29, 1.82) is 0 Å². The number of hydrogen-bond donors (Lipinski definition) is 0. The van der Waals surface area contributed by atoms with Gasteiger partial charge in [-0.1, -0.05) is 37.6 Å². The SMILES string of the molecule is C\C=C/C(C)=C(\C=C/C)CCC. The van der Waals surface area contributed by atoms with Crippen molar-refractivity contribution in [3.63, 3.8) is 0 Å².